The van der Waals surface area contributed by atoms with Gasteiger partial charge in [-0.25, -0.2) is 0 Å². The summed E-state index contributed by atoms with van der Waals surface area (Å²) in [5.74, 6) is 0.931. The average Bonchev–Trinajstić information content (AvgIpc) is 3.17. The Bertz CT molecular complexity index is 930. The number of piperidine rings is 3. The van der Waals surface area contributed by atoms with Crippen molar-refractivity contribution in [1.82, 2.24) is 14.4 Å². The minimum absolute atomic E-state index is 0.0162. The topological polar surface area (TPSA) is 45.6 Å². The van der Waals surface area contributed by atoms with Crippen LogP contribution in [0.5, 0.6) is 0 Å². The van der Waals surface area contributed by atoms with E-state index in [1.807, 2.05) is 6.92 Å². The van der Waals surface area contributed by atoms with Gasteiger partial charge in [0.05, 0.1) is 6.04 Å². The number of benzene rings is 1. The summed E-state index contributed by atoms with van der Waals surface area (Å²) in [4.78, 5) is 30.4. The number of rotatable bonds is 3. The molecule has 28 heavy (non-hydrogen) atoms. The highest BCUT2D eigenvalue weighted by molar-refractivity contribution is 5.94. The number of hydrogen-bond donors (Lipinski definition) is 0. The van der Waals surface area contributed by atoms with Crippen LogP contribution in [0.3, 0.4) is 0 Å². The van der Waals surface area contributed by atoms with Crippen LogP contribution in [0.25, 0.3) is 0 Å². The van der Waals surface area contributed by atoms with Crippen LogP contribution >= 0.6 is 0 Å². The number of fused-ring (bicyclic) bond motifs is 2. The molecule has 4 fully saturated rings. The zero-order chi connectivity index (χ0) is 19.3. The third-order valence-corrected chi connectivity index (χ3v) is 7.07. The van der Waals surface area contributed by atoms with Crippen molar-refractivity contribution in [3.8, 4) is 0 Å². The van der Waals surface area contributed by atoms with Gasteiger partial charge in [-0.3, -0.25) is 14.5 Å². The van der Waals surface area contributed by atoms with Crippen molar-refractivity contribution in [2.24, 2.45) is 5.92 Å². The molecule has 1 aromatic heterocycles. The Kier molecular flexibility index (Phi) is 4.35. The highest BCUT2D eigenvalue weighted by atomic mass is 16.2. The fraction of sp³-hybridized carbons (Fsp3) is 0.478. The molecule has 3 atom stereocenters. The molecule has 0 radical (unpaired) electrons. The number of aryl methyl sites for hydroxylation is 1. The van der Waals surface area contributed by atoms with Gasteiger partial charge in [0.15, 0.2) is 0 Å². The summed E-state index contributed by atoms with van der Waals surface area (Å²) >= 11 is 0. The number of nitrogens with zero attached hydrogens (tertiary/aromatic N) is 3. The predicted molar refractivity (Wildman–Crippen MR) is 108 cm³/mol. The van der Waals surface area contributed by atoms with Crippen LogP contribution in [-0.2, 0) is 6.54 Å². The molecular formula is C23H27N3O2. The Morgan fingerprint density at radius 3 is 2.50 bits per heavy atom. The molecule has 5 heteroatoms. The second-order valence-corrected chi connectivity index (χ2v) is 8.37. The maximum absolute atomic E-state index is 13.5. The van der Waals surface area contributed by atoms with Crippen molar-refractivity contribution in [1.29, 1.82) is 0 Å². The summed E-state index contributed by atoms with van der Waals surface area (Å²) in [5.41, 5.74) is 1.75. The van der Waals surface area contributed by atoms with Crippen molar-refractivity contribution in [2.45, 2.75) is 44.3 Å². The van der Waals surface area contributed by atoms with Gasteiger partial charge in [-0.15, -0.1) is 0 Å². The molecule has 4 saturated heterocycles. The van der Waals surface area contributed by atoms with E-state index in [1.165, 1.54) is 24.5 Å². The van der Waals surface area contributed by atoms with Gasteiger partial charge in [-0.2, -0.15) is 0 Å². The molecule has 4 aliphatic heterocycles. The lowest BCUT2D eigenvalue weighted by atomic mass is 9.75. The molecule has 0 N–H and O–H groups in total. The third-order valence-electron chi connectivity index (χ3n) is 7.07. The standard InChI is InChI=1S/C23H27N3O2/c1-2-24-11-10-18(14-20(24)27)23(28)26-15-19(16-6-4-3-5-7-16)22-21(26)17-8-12-25(22)13-9-17/h3-7,10-11,14,17,19,21-22H,2,8-9,12-13,15H2,1H3/t19-,21+,22+/m0/s1. The second-order valence-electron chi connectivity index (χ2n) is 8.37. The molecule has 1 aromatic carbocycles. The van der Waals surface area contributed by atoms with E-state index in [0.717, 1.165) is 19.6 Å². The Hall–Kier alpha value is -2.40. The monoisotopic (exact) mass is 377 g/mol. The number of amides is 1. The quantitative estimate of drug-likeness (QED) is 0.826. The van der Waals surface area contributed by atoms with Gasteiger partial charge in [0.2, 0.25) is 0 Å². The van der Waals surface area contributed by atoms with Gasteiger partial charge in [-0.05, 0) is 50.4 Å². The van der Waals surface area contributed by atoms with Gasteiger partial charge in [-0.1, -0.05) is 30.3 Å². The molecule has 5 heterocycles. The van der Waals surface area contributed by atoms with Crippen LogP contribution < -0.4 is 5.56 Å². The fourth-order valence-electron chi connectivity index (χ4n) is 5.72. The van der Waals surface area contributed by atoms with Crippen LogP contribution in [-0.4, -0.2) is 52.0 Å². The van der Waals surface area contributed by atoms with E-state index in [0.29, 0.717) is 30.0 Å². The summed E-state index contributed by atoms with van der Waals surface area (Å²) in [5, 5.41) is 0. The maximum Gasteiger partial charge on any atom is 0.254 e. The summed E-state index contributed by atoms with van der Waals surface area (Å²) in [7, 11) is 0. The van der Waals surface area contributed by atoms with E-state index < -0.39 is 0 Å². The van der Waals surface area contributed by atoms with E-state index >= 15 is 0 Å². The molecule has 0 aliphatic carbocycles. The normalized spacial score (nSPS) is 31.0. The highest BCUT2D eigenvalue weighted by Gasteiger charge is 2.54. The Morgan fingerprint density at radius 1 is 1.07 bits per heavy atom. The van der Waals surface area contributed by atoms with E-state index in [2.05, 4.69) is 40.1 Å². The number of hydrogen-bond acceptors (Lipinski definition) is 3. The first-order valence-corrected chi connectivity index (χ1v) is 10.5. The van der Waals surface area contributed by atoms with Gasteiger partial charge < -0.3 is 9.47 Å². The molecule has 6 rings (SSSR count). The summed E-state index contributed by atoms with van der Waals surface area (Å²) in [6.07, 6.45) is 4.09. The van der Waals surface area contributed by atoms with Crippen molar-refractivity contribution in [3.63, 3.8) is 0 Å². The molecule has 2 aromatic rings. The smallest absolute Gasteiger partial charge is 0.254 e. The number of carbonyl (C=O) groups is 1. The van der Waals surface area contributed by atoms with Gasteiger partial charge in [0.25, 0.3) is 11.5 Å². The van der Waals surface area contributed by atoms with Crippen molar-refractivity contribution >= 4 is 5.91 Å². The zero-order valence-electron chi connectivity index (χ0n) is 16.3. The first kappa shape index (κ1) is 17.7. The van der Waals surface area contributed by atoms with Crippen LogP contribution in [0.2, 0.25) is 0 Å². The van der Waals surface area contributed by atoms with Crippen molar-refractivity contribution < 1.29 is 4.79 Å². The zero-order valence-corrected chi connectivity index (χ0v) is 16.3. The number of likely N-dealkylation sites (tertiary alicyclic amines) is 1. The number of pyridine rings is 1. The first-order chi connectivity index (χ1) is 13.7. The average molecular weight is 377 g/mol. The summed E-state index contributed by atoms with van der Waals surface area (Å²) in [6.45, 7) is 5.58. The van der Waals surface area contributed by atoms with E-state index in [9.17, 15) is 9.59 Å². The molecule has 0 spiro atoms. The first-order valence-electron chi connectivity index (χ1n) is 10.5. The minimum atomic E-state index is -0.0994. The third kappa shape index (κ3) is 2.72. The molecule has 146 valence electrons. The molecule has 0 unspecified atom stereocenters. The molecule has 2 bridgehead atoms. The highest BCUT2D eigenvalue weighted by Crippen LogP contribution is 2.46. The second kappa shape index (κ2) is 6.89. The van der Waals surface area contributed by atoms with E-state index in [1.54, 1.807) is 16.8 Å². The summed E-state index contributed by atoms with van der Waals surface area (Å²) in [6, 6.07) is 14.6. The molecule has 5 nitrogen and oxygen atoms in total. The van der Waals surface area contributed by atoms with Gasteiger partial charge >= 0.3 is 0 Å². The van der Waals surface area contributed by atoms with Crippen LogP contribution in [0.15, 0.2) is 53.5 Å². The number of aromatic nitrogens is 1. The molecule has 1 amide bonds. The molecule has 4 aliphatic rings. The van der Waals surface area contributed by atoms with Gasteiger partial charge in [0, 0.05) is 42.9 Å². The lowest BCUT2D eigenvalue weighted by molar-refractivity contribution is -0.00341. The fourth-order valence-corrected chi connectivity index (χ4v) is 5.72. The van der Waals surface area contributed by atoms with Crippen molar-refractivity contribution in [2.75, 3.05) is 19.6 Å². The van der Waals surface area contributed by atoms with Crippen LogP contribution in [0.1, 0.15) is 41.6 Å². The Morgan fingerprint density at radius 2 is 1.82 bits per heavy atom. The lowest BCUT2D eigenvalue weighted by Gasteiger charge is -2.51. The number of carbonyl (C=O) groups excluding carboxylic acids is 1. The predicted octanol–water partition coefficient (Wildman–Crippen LogP) is 2.57. The van der Waals surface area contributed by atoms with E-state index in [4.69, 9.17) is 0 Å². The SMILES string of the molecule is CCn1ccc(C(=O)N2C[C@@H](c3ccccc3)[C@@H]3[C@H]2C2CCN3CC2)cc1=O. The van der Waals surface area contributed by atoms with E-state index in [-0.39, 0.29) is 17.5 Å². The molecular weight excluding hydrogens is 350 g/mol. The lowest BCUT2D eigenvalue weighted by Crippen LogP contribution is -2.60. The Labute approximate surface area is 165 Å². The molecule has 0 saturated carbocycles. The minimum Gasteiger partial charge on any atom is -0.333 e. The maximum atomic E-state index is 13.5. The van der Waals surface area contributed by atoms with Gasteiger partial charge in [0.1, 0.15) is 0 Å². The van der Waals surface area contributed by atoms with Crippen LogP contribution in [0.4, 0.5) is 0 Å². The Balaban J connectivity index is 1.51. The largest absolute Gasteiger partial charge is 0.333 e. The summed E-state index contributed by atoms with van der Waals surface area (Å²) < 4.78 is 1.63. The van der Waals surface area contributed by atoms with Crippen molar-refractivity contribution in [3.05, 3.63) is 70.1 Å². The van der Waals surface area contributed by atoms with Crippen LogP contribution in [0, 0.1) is 5.92 Å².